The minimum Gasteiger partial charge on any atom is -0.443 e. The zero-order valence-corrected chi connectivity index (χ0v) is 11.1. The lowest BCUT2D eigenvalue weighted by Crippen LogP contribution is -2.38. The van der Waals surface area contributed by atoms with Crippen LogP contribution in [0.1, 0.15) is 31.9 Å². The average molecular weight is 251 g/mol. The molecule has 1 amide bonds. The summed E-state index contributed by atoms with van der Waals surface area (Å²) in [5.41, 5.74) is 6.44. The maximum absolute atomic E-state index is 10.8. The molecule has 3 N–H and O–H groups in total. The molecule has 100 valence electrons. The summed E-state index contributed by atoms with van der Waals surface area (Å²) in [6.45, 7) is 5.73. The molecule has 0 saturated carbocycles. The number of amides is 1. The van der Waals surface area contributed by atoms with Crippen LogP contribution in [-0.2, 0) is 17.8 Å². The van der Waals surface area contributed by atoms with Crippen molar-refractivity contribution in [3.63, 3.8) is 0 Å². The lowest BCUT2D eigenvalue weighted by Gasteiger charge is -2.31. The van der Waals surface area contributed by atoms with Gasteiger partial charge in [-0.05, 0) is 37.3 Å². The number of benzene rings is 1. The first kappa shape index (κ1) is 14.5. The molecule has 0 aliphatic rings. The molecule has 4 heteroatoms. The fourth-order valence-electron chi connectivity index (χ4n) is 1.81. The van der Waals surface area contributed by atoms with Gasteiger partial charge in [0, 0.05) is 0 Å². The van der Waals surface area contributed by atoms with E-state index in [2.05, 4.69) is 0 Å². The third-order valence-corrected chi connectivity index (χ3v) is 3.27. The third-order valence-electron chi connectivity index (χ3n) is 3.27. The van der Waals surface area contributed by atoms with Crippen LogP contribution >= 0.6 is 0 Å². The number of nitrogens with two attached hydrogens (primary N) is 1. The van der Waals surface area contributed by atoms with Gasteiger partial charge in [-0.1, -0.05) is 31.2 Å². The summed E-state index contributed by atoms with van der Waals surface area (Å²) in [5, 5.41) is 9.09. The zero-order chi connectivity index (χ0) is 13.8. The van der Waals surface area contributed by atoms with Crippen molar-refractivity contribution in [2.24, 2.45) is 11.7 Å². The van der Waals surface area contributed by atoms with Crippen molar-refractivity contribution < 1.29 is 14.6 Å². The smallest absolute Gasteiger partial charge is 0.405 e. The third kappa shape index (κ3) is 4.04. The minimum atomic E-state index is -0.754. The molecular formula is C14H21NO3. The minimum absolute atomic E-state index is 0.0312. The summed E-state index contributed by atoms with van der Waals surface area (Å²) in [7, 11) is 0. The SMILES string of the molecule is CC(Cc1cccc(CO)c1)C(C)(C)OC(N)=O. The van der Waals surface area contributed by atoms with Crippen LogP contribution in [0.3, 0.4) is 0 Å². The number of carbonyl (C=O) groups is 1. The van der Waals surface area contributed by atoms with Gasteiger partial charge in [0.2, 0.25) is 0 Å². The molecule has 4 nitrogen and oxygen atoms in total. The van der Waals surface area contributed by atoms with Gasteiger partial charge in [0.15, 0.2) is 0 Å². The summed E-state index contributed by atoms with van der Waals surface area (Å²) in [6.07, 6.45) is 0.00431. The van der Waals surface area contributed by atoms with E-state index in [9.17, 15) is 4.79 Å². The quantitative estimate of drug-likeness (QED) is 0.842. The molecule has 0 saturated heterocycles. The summed E-state index contributed by atoms with van der Waals surface area (Å²) >= 11 is 0. The topological polar surface area (TPSA) is 72.6 Å². The van der Waals surface area contributed by atoms with E-state index in [4.69, 9.17) is 15.6 Å². The standard InChI is InChI=1S/C14H21NO3/c1-10(14(2,3)18-13(15)17)7-11-5-4-6-12(8-11)9-16/h4-6,8,10,16H,7,9H2,1-3H3,(H2,15,17). The zero-order valence-electron chi connectivity index (χ0n) is 11.1. The van der Waals surface area contributed by atoms with Crippen LogP contribution in [0.5, 0.6) is 0 Å². The largest absolute Gasteiger partial charge is 0.443 e. The Labute approximate surface area is 108 Å². The molecule has 1 unspecified atom stereocenters. The summed E-state index contributed by atoms with van der Waals surface area (Å²) < 4.78 is 5.12. The number of aliphatic hydroxyl groups is 1. The number of rotatable bonds is 5. The normalized spacial score (nSPS) is 13.1. The molecule has 1 aromatic carbocycles. The second-order valence-corrected chi connectivity index (χ2v) is 5.11. The Morgan fingerprint density at radius 1 is 1.44 bits per heavy atom. The van der Waals surface area contributed by atoms with Crippen molar-refractivity contribution in [3.8, 4) is 0 Å². The molecule has 0 aliphatic carbocycles. The van der Waals surface area contributed by atoms with E-state index in [0.717, 1.165) is 17.5 Å². The number of hydrogen-bond acceptors (Lipinski definition) is 3. The lowest BCUT2D eigenvalue weighted by molar-refractivity contribution is 0.00477. The molecule has 0 fully saturated rings. The van der Waals surface area contributed by atoms with Crippen LogP contribution in [0.4, 0.5) is 4.79 Å². The number of ether oxygens (including phenoxy) is 1. The van der Waals surface area contributed by atoms with Crippen LogP contribution in [-0.4, -0.2) is 16.8 Å². The molecule has 1 aromatic rings. The molecule has 18 heavy (non-hydrogen) atoms. The first-order valence-corrected chi connectivity index (χ1v) is 6.02. The molecule has 0 aromatic heterocycles. The van der Waals surface area contributed by atoms with Gasteiger partial charge in [-0.15, -0.1) is 0 Å². The first-order chi connectivity index (χ1) is 8.35. The van der Waals surface area contributed by atoms with Gasteiger partial charge in [0.1, 0.15) is 5.60 Å². The highest BCUT2D eigenvalue weighted by Crippen LogP contribution is 2.25. The maximum atomic E-state index is 10.8. The Kier molecular flexibility index (Phi) is 4.73. The fraction of sp³-hybridized carbons (Fsp3) is 0.500. The van der Waals surface area contributed by atoms with E-state index in [1.165, 1.54) is 0 Å². The first-order valence-electron chi connectivity index (χ1n) is 6.02. The van der Waals surface area contributed by atoms with Crippen LogP contribution < -0.4 is 5.73 Å². The monoisotopic (exact) mass is 251 g/mol. The molecule has 0 spiro atoms. The highest BCUT2D eigenvalue weighted by molar-refractivity contribution is 5.65. The van der Waals surface area contributed by atoms with Crippen LogP contribution in [0.2, 0.25) is 0 Å². The number of aliphatic hydroxyl groups excluding tert-OH is 1. The van der Waals surface area contributed by atoms with Crippen LogP contribution in [0.25, 0.3) is 0 Å². The number of carbonyl (C=O) groups excluding carboxylic acids is 1. The maximum Gasteiger partial charge on any atom is 0.405 e. The van der Waals surface area contributed by atoms with Gasteiger partial charge in [-0.3, -0.25) is 0 Å². The van der Waals surface area contributed by atoms with E-state index >= 15 is 0 Å². The lowest BCUT2D eigenvalue weighted by atomic mass is 9.86. The summed E-state index contributed by atoms with van der Waals surface area (Å²) in [5.74, 6) is 0.124. The van der Waals surface area contributed by atoms with Crippen LogP contribution in [0.15, 0.2) is 24.3 Å². The molecule has 0 aliphatic heterocycles. The predicted molar refractivity (Wildman–Crippen MR) is 70.0 cm³/mol. The Bertz CT molecular complexity index is 415. The van der Waals surface area contributed by atoms with Crippen molar-refractivity contribution in [1.29, 1.82) is 0 Å². The fourth-order valence-corrected chi connectivity index (χ4v) is 1.81. The van der Waals surface area contributed by atoms with Crippen molar-refractivity contribution >= 4 is 6.09 Å². The van der Waals surface area contributed by atoms with Gasteiger partial charge in [0.25, 0.3) is 0 Å². The Balaban J connectivity index is 2.73. The molecule has 0 heterocycles. The highest BCUT2D eigenvalue weighted by Gasteiger charge is 2.29. The Morgan fingerprint density at radius 2 is 2.06 bits per heavy atom. The molecule has 0 radical (unpaired) electrons. The molecule has 0 bridgehead atoms. The molecule has 1 rings (SSSR count). The van der Waals surface area contributed by atoms with Gasteiger partial charge in [0.05, 0.1) is 6.61 Å². The van der Waals surface area contributed by atoms with Crippen molar-refractivity contribution in [2.45, 2.75) is 39.4 Å². The second-order valence-electron chi connectivity index (χ2n) is 5.11. The number of primary amides is 1. The highest BCUT2D eigenvalue weighted by atomic mass is 16.6. The van der Waals surface area contributed by atoms with Crippen LogP contribution in [0, 0.1) is 5.92 Å². The van der Waals surface area contributed by atoms with Crippen molar-refractivity contribution in [3.05, 3.63) is 35.4 Å². The van der Waals surface area contributed by atoms with Crippen molar-refractivity contribution in [1.82, 2.24) is 0 Å². The summed E-state index contributed by atoms with van der Waals surface area (Å²) in [4.78, 5) is 10.8. The Morgan fingerprint density at radius 3 is 2.61 bits per heavy atom. The molecule has 1 atom stereocenters. The van der Waals surface area contributed by atoms with Crippen molar-refractivity contribution in [2.75, 3.05) is 0 Å². The Hall–Kier alpha value is -1.55. The average Bonchev–Trinajstić information content (AvgIpc) is 2.27. The van der Waals surface area contributed by atoms with Gasteiger partial charge < -0.3 is 15.6 Å². The van der Waals surface area contributed by atoms with Gasteiger partial charge in [-0.2, -0.15) is 0 Å². The van der Waals surface area contributed by atoms with E-state index in [1.807, 2.05) is 45.0 Å². The van der Waals surface area contributed by atoms with E-state index in [0.29, 0.717) is 0 Å². The van der Waals surface area contributed by atoms with E-state index < -0.39 is 11.7 Å². The summed E-state index contributed by atoms with van der Waals surface area (Å²) in [6, 6.07) is 7.74. The van der Waals surface area contributed by atoms with Gasteiger partial charge in [-0.25, -0.2) is 4.79 Å². The van der Waals surface area contributed by atoms with E-state index in [-0.39, 0.29) is 12.5 Å². The second kappa shape index (κ2) is 5.87. The number of hydrogen-bond donors (Lipinski definition) is 2. The molecular weight excluding hydrogens is 230 g/mol. The van der Waals surface area contributed by atoms with Gasteiger partial charge >= 0.3 is 6.09 Å². The predicted octanol–water partition coefficient (Wildman–Crippen LogP) is 2.23. The van der Waals surface area contributed by atoms with E-state index in [1.54, 1.807) is 0 Å².